The number of nitrogens with zero attached hydrogens (tertiary/aromatic N) is 3. The van der Waals surface area contributed by atoms with Crippen molar-refractivity contribution in [2.45, 2.75) is 11.8 Å². The molecule has 182 valence electrons. The fourth-order valence-corrected chi connectivity index (χ4v) is 5.22. The van der Waals surface area contributed by atoms with Crippen LogP contribution in [-0.2, 0) is 0 Å². The lowest BCUT2D eigenvalue weighted by Gasteiger charge is -2.17. The third kappa shape index (κ3) is 4.00. The van der Waals surface area contributed by atoms with Crippen LogP contribution < -0.4 is 0 Å². The molecule has 4 nitrogen and oxygen atoms in total. The Hall–Kier alpha value is -4.54. The molecule has 6 aromatic rings. The van der Waals surface area contributed by atoms with Crippen LogP contribution in [0.5, 0.6) is 0 Å². The number of allylic oxidation sites excluding steroid dienone is 1. The SMILES string of the molecule is ClC1CC=C(c2nc(-c3ccccc3)nc(-c3ccc(-c4ccccc4)cc3)n2)c2c1oc1ccccc21. The van der Waals surface area contributed by atoms with E-state index in [1.54, 1.807) is 0 Å². The van der Waals surface area contributed by atoms with E-state index in [2.05, 4.69) is 48.5 Å². The second-order valence-corrected chi connectivity index (χ2v) is 9.80. The van der Waals surface area contributed by atoms with Gasteiger partial charge in [0.1, 0.15) is 11.3 Å². The lowest BCUT2D eigenvalue weighted by atomic mass is 9.93. The molecule has 1 aliphatic rings. The fourth-order valence-electron chi connectivity index (χ4n) is 4.98. The minimum atomic E-state index is -0.235. The van der Waals surface area contributed by atoms with E-state index in [9.17, 15) is 0 Å². The molecule has 0 saturated heterocycles. The third-order valence-electron chi connectivity index (χ3n) is 6.86. The van der Waals surface area contributed by atoms with Gasteiger partial charge >= 0.3 is 0 Å². The van der Waals surface area contributed by atoms with Gasteiger partial charge in [0.15, 0.2) is 17.5 Å². The Morgan fingerprint density at radius 1 is 0.579 bits per heavy atom. The number of benzene rings is 4. The maximum atomic E-state index is 6.70. The number of aromatic nitrogens is 3. The van der Waals surface area contributed by atoms with Crippen LogP contribution in [0, 0.1) is 0 Å². The van der Waals surface area contributed by atoms with Gasteiger partial charge in [0.05, 0.1) is 5.38 Å². The van der Waals surface area contributed by atoms with Gasteiger partial charge in [-0.15, -0.1) is 11.6 Å². The highest BCUT2D eigenvalue weighted by atomic mass is 35.5. The Kier molecular flexibility index (Phi) is 5.60. The lowest BCUT2D eigenvalue weighted by Crippen LogP contribution is -2.07. The zero-order chi connectivity index (χ0) is 25.5. The standard InChI is InChI=1S/C33H22ClN3O/c34-27-20-19-26(29-25-13-7-8-14-28(25)38-30(27)29)33-36-31(23-11-5-2-6-12-23)35-32(37-33)24-17-15-22(16-18-24)21-9-3-1-4-10-21/h1-19,27H,20H2. The van der Waals surface area contributed by atoms with Crippen molar-refractivity contribution in [3.8, 4) is 33.9 Å². The van der Waals surface area contributed by atoms with E-state index in [4.69, 9.17) is 31.0 Å². The van der Waals surface area contributed by atoms with Crippen LogP contribution in [0.2, 0.25) is 0 Å². The van der Waals surface area contributed by atoms with Crippen molar-refractivity contribution in [2.24, 2.45) is 0 Å². The summed E-state index contributed by atoms with van der Waals surface area (Å²) < 4.78 is 6.20. The Bertz CT molecular complexity index is 1790. The van der Waals surface area contributed by atoms with Crippen LogP contribution in [0.25, 0.3) is 50.4 Å². The second-order valence-electron chi connectivity index (χ2n) is 9.27. The lowest BCUT2D eigenvalue weighted by molar-refractivity contribution is 0.538. The van der Waals surface area contributed by atoms with Gasteiger partial charge in [0.2, 0.25) is 0 Å². The molecule has 38 heavy (non-hydrogen) atoms. The van der Waals surface area contributed by atoms with Crippen LogP contribution in [0.4, 0.5) is 0 Å². The molecule has 0 amide bonds. The van der Waals surface area contributed by atoms with Crippen molar-refractivity contribution in [3.05, 3.63) is 132 Å². The monoisotopic (exact) mass is 511 g/mol. The summed E-state index contributed by atoms with van der Waals surface area (Å²) in [5.41, 5.74) is 6.86. The summed E-state index contributed by atoms with van der Waals surface area (Å²) in [5, 5.41) is 0.774. The first-order valence-electron chi connectivity index (χ1n) is 12.6. The maximum absolute atomic E-state index is 6.70. The van der Waals surface area contributed by atoms with Crippen LogP contribution in [-0.4, -0.2) is 15.0 Å². The normalized spacial score (nSPS) is 14.8. The van der Waals surface area contributed by atoms with Gasteiger partial charge in [-0.25, -0.2) is 15.0 Å². The number of para-hydroxylation sites is 1. The van der Waals surface area contributed by atoms with Crippen molar-refractivity contribution >= 4 is 28.1 Å². The number of halogens is 1. The van der Waals surface area contributed by atoms with Gasteiger partial charge in [0, 0.05) is 27.6 Å². The predicted octanol–water partition coefficient (Wildman–Crippen LogP) is 8.73. The van der Waals surface area contributed by atoms with E-state index in [-0.39, 0.29) is 5.38 Å². The molecule has 1 atom stereocenters. The van der Waals surface area contributed by atoms with E-state index in [0.29, 0.717) is 23.9 Å². The molecule has 0 radical (unpaired) electrons. The maximum Gasteiger partial charge on any atom is 0.164 e. The summed E-state index contributed by atoms with van der Waals surface area (Å²) in [6.07, 6.45) is 2.76. The molecule has 4 aromatic carbocycles. The summed E-state index contributed by atoms with van der Waals surface area (Å²) in [7, 11) is 0. The smallest absolute Gasteiger partial charge is 0.164 e. The predicted molar refractivity (Wildman–Crippen MR) is 153 cm³/mol. The van der Waals surface area contributed by atoms with Gasteiger partial charge in [-0.1, -0.05) is 109 Å². The second kappa shape index (κ2) is 9.40. The number of hydrogen-bond donors (Lipinski definition) is 0. The summed E-state index contributed by atoms with van der Waals surface area (Å²) in [6.45, 7) is 0. The molecule has 7 rings (SSSR count). The number of alkyl halides is 1. The highest BCUT2D eigenvalue weighted by Crippen LogP contribution is 2.44. The molecule has 2 heterocycles. The first kappa shape index (κ1) is 22.6. The highest BCUT2D eigenvalue weighted by molar-refractivity contribution is 6.22. The van der Waals surface area contributed by atoms with Gasteiger partial charge in [-0.05, 0) is 23.6 Å². The Morgan fingerprint density at radius 3 is 1.82 bits per heavy atom. The number of fused-ring (bicyclic) bond motifs is 3. The zero-order valence-corrected chi connectivity index (χ0v) is 21.1. The fraction of sp³-hybridized carbons (Fsp3) is 0.0606. The molecule has 0 aliphatic heterocycles. The van der Waals surface area contributed by atoms with E-state index in [0.717, 1.165) is 44.6 Å². The van der Waals surface area contributed by atoms with Crippen LogP contribution >= 0.6 is 11.6 Å². The Balaban J connectivity index is 1.39. The first-order valence-corrected chi connectivity index (χ1v) is 13.0. The van der Waals surface area contributed by atoms with Crippen LogP contribution in [0.15, 0.2) is 120 Å². The number of rotatable bonds is 4. The summed E-state index contributed by atoms with van der Waals surface area (Å²) >= 11 is 6.70. The van der Waals surface area contributed by atoms with E-state index < -0.39 is 0 Å². The molecule has 0 bridgehead atoms. The molecular weight excluding hydrogens is 490 g/mol. The third-order valence-corrected chi connectivity index (χ3v) is 7.24. The molecular formula is C33H22ClN3O. The highest BCUT2D eigenvalue weighted by Gasteiger charge is 2.29. The van der Waals surface area contributed by atoms with E-state index in [1.807, 2.05) is 66.7 Å². The van der Waals surface area contributed by atoms with Crippen molar-refractivity contribution in [1.29, 1.82) is 0 Å². The first-order chi connectivity index (χ1) is 18.7. The zero-order valence-electron chi connectivity index (χ0n) is 20.4. The van der Waals surface area contributed by atoms with E-state index >= 15 is 0 Å². The molecule has 1 aliphatic carbocycles. The topological polar surface area (TPSA) is 51.8 Å². The number of furan rings is 1. The molecule has 0 N–H and O–H groups in total. The Labute approximate surface area is 225 Å². The molecule has 0 fully saturated rings. The average molecular weight is 512 g/mol. The van der Waals surface area contributed by atoms with Gasteiger partial charge < -0.3 is 4.42 Å². The minimum Gasteiger partial charge on any atom is -0.459 e. The molecule has 1 unspecified atom stereocenters. The van der Waals surface area contributed by atoms with Crippen molar-refractivity contribution in [3.63, 3.8) is 0 Å². The minimum absolute atomic E-state index is 0.235. The largest absolute Gasteiger partial charge is 0.459 e. The van der Waals surface area contributed by atoms with Gasteiger partial charge in [0.25, 0.3) is 0 Å². The van der Waals surface area contributed by atoms with Crippen LogP contribution in [0.1, 0.15) is 28.9 Å². The van der Waals surface area contributed by atoms with Crippen molar-refractivity contribution in [1.82, 2.24) is 15.0 Å². The quantitative estimate of drug-likeness (QED) is 0.222. The number of hydrogen-bond acceptors (Lipinski definition) is 4. The van der Waals surface area contributed by atoms with Gasteiger partial charge in [-0.3, -0.25) is 0 Å². The summed E-state index contributed by atoms with van der Waals surface area (Å²) in [6, 6.07) is 36.7. The van der Waals surface area contributed by atoms with E-state index in [1.165, 1.54) is 5.56 Å². The Morgan fingerprint density at radius 2 is 1.11 bits per heavy atom. The van der Waals surface area contributed by atoms with Crippen molar-refractivity contribution < 1.29 is 4.42 Å². The van der Waals surface area contributed by atoms with Crippen LogP contribution in [0.3, 0.4) is 0 Å². The summed E-state index contributed by atoms with van der Waals surface area (Å²) in [5.74, 6) is 2.62. The van der Waals surface area contributed by atoms with Crippen molar-refractivity contribution in [2.75, 3.05) is 0 Å². The van der Waals surface area contributed by atoms with Gasteiger partial charge in [-0.2, -0.15) is 0 Å². The molecule has 0 spiro atoms. The average Bonchev–Trinajstić information content (AvgIpc) is 3.39. The molecule has 5 heteroatoms. The molecule has 0 saturated carbocycles. The summed E-state index contributed by atoms with van der Waals surface area (Å²) in [4.78, 5) is 14.8. The molecule has 2 aromatic heterocycles.